The van der Waals surface area contributed by atoms with E-state index in [4.69, 9.17) is 0 Å². The number of thiazole rings is 1. The lowest BCUT2D eigenvalue weighted by atomic mass is 10.3. The number of hydrogen-bond acceptors (Lipinski definition) is 6. The fourth-order valence-corrected chi connectivity index (χ4v) is 4.66. The van der Waals surface area contributed by atoms with E-state index in [2.05, 4.69) is 10.3 Å². The lowest BCUT2D eigenvalue weighted by Gasteiger charge is -2.11. The molecule has 0 unspecified atom stereocenters. The van der Waals surface area contributed by atoms with E-state index >= 15 is 0 Å². The molecule has 138 valence electrons. The predicted molar refractivity (Wildman–Crippen MR) is 109 cm³/mol. The van der Waals surface area contributed by atoms with Gasteiger partial charge in [-0.15, -0.1) is 11.3 Å². The van der Waals surface area contributed by atoms with Gasteiger partial charge in [0.1, 0.15) is 11.2 Å². The number of benzene rings is 1. The Labute approximate surface area is 161 Å². The van der Waals surface area contributed by atoms with Gasteiger partial charge in [-0.25, -0.2) is 9.78 Å². The van der Waals surface area contributed by atoms with Crippen molar-refractivity contribution < 1.29 is 4.79 Å². The molecule has 1 aromatic carbocycles. The molecule has 3 heterocycles. The zero-order chi connectivity index (χ0) is 19.0. The number of fused-ring (bicyclic) bond motifs is 2. The number of carbonyl (C=O) groups excluding carboxylic acids is 1. The van der Waals surface area contributed by atoms with Crippen LogP contribution in [0.1, 0.15) is 13.3 Å². The SMILES string of the molecule is CCCn1c(=O)c2sccc2n(CC(=O)Nc2nc3ccccc3s2)c1=O. The molecule has 0 radical (unpaired) electrons. The topological polar surface area (TPSA) is 86.0 Å². The van der Waals surface area contributed by atoms with Crippen molar-refractivity contribution in [2.45, 2.75) is 26.4 Å². The van der Waals surface area contributed by atoms with Crippen LogP contribution < -0.4 is 16.6 Å². The van der Waals surface area contributed by atoms with E-state index in [-0.39, 0.29) is 18.0 Å². The van der Waals surface area contributed by atoms with Crippen LogP contribution in [-0.4, -0.2) is 20.0 Å². The molecule has 3 aromatic heterocycles. The summed E-state index contributed by atoms with van der Waals surface area (Å²) in [4.78, 5) is 42.2. The first-order chi connectivity index (χ1) is 13.1. The zero-order valence-corrected chi connectivity index (χ0v) is 16.1. The number of aromatic nitrogens is 3. The highest BCUT2D eigenvalue weighted by Crippen LogP contribution is 2.25. The van der Waals surface area contributed by atoms with Gasteiger partial charge in [0.25, 0.3) is 5.56 Å². The summed E-state index contributed by atoms with van der Waals surface area (Å²) in [7, 11) is 0. The van der Waals surface area contributed by atoms with Gasteiger partial charge in [-0.2, -0.15) is 0 Å². The Morgan fingerprint density at radius 3 is 2.78 bits per heavy atom. The number of carbonyl (C=O) groups is 1. The molecule has 0 saturated heterocycles. The van der Waals surface area contributed by atoms with Gasteiger partial charge < -0.3 is 5.32 Å². The number of hydrogen-bond donors (Lipinski definition) is 1. The molecule has 4 aromatic rings. The van der Waals surface area contributed by atoms with Crippen molar-refractivity contribution in [2.75, 3.05) is 5.32 Å². The van der Waals surface area contributed by atoms with E-state index < -0.39 is 5.69 Å². The van der Waals surface area contributed by atoms with Crippen molar-refractivity contribution in [3.63, 3.8) is 0 Å². The highest BCUT2D eigenvalue weighted by atomic mass is 32.1. The summed E-state index contributed by atoms with van der Waals surface area (Å²) in [6, 6.07) is 9.31. The first-order valence-electron chi connectivity index (χ1n) is 8.44. The minimum atomic E-state index is -0.466. The Kier molecular flexibility index (Phi) is 4.63. The molecule has 0 bridgehead atoms. The normalized spacial score (nSPS) is 11.3. The maximum absolute atomic E-state index is 12.8. The van der Waals surface area contributed by atoms with Crippen LogP contribution in [0.2, 0.25) is 0 Å². The maximum Gasteiger partial charge on any atom is 0.332 e. The molecule has 0 spiro atoms. The molecule has 7 nitrogen and oxygen atoms in total. The molecule has 1 N–H and O–H groups in total. The molecule has 1 amide bonds. The first kappa shape index (κ1) is 17.6. The molecule has 0 atom stereocenters. The summed E-state index contributed by atoms with van der Waals surface area (Å²) in [5.74, 6) is -0.356. The number of nitrogens with one attached hydrogen (secondary N) is 1. The Morgan fingerprint density at radius 1 is 1.19 bits per heavy atom. The molecule has 0 aliphatic heterocycles. The van der Waals surface area contributed by atoms with Gasteiger partial charge in [0.2, 0.25) is 5.91 Å². The van der Waals surface area contributed by atoms with E-state index in [0.29, 0.717) is 28.3 Å². The maximum atomic E-state index is 12.8. The van der Waals surface area contributed by atoms with Crippen molar-refractivity contribution in [3.8, 4) is 0 Å². The average molecular weight is 400 g/mol. The Morgan fingerprint density at radius 2 is 2.00 bits per heavy atom. The molecular formula is C18H16N4O3S2. The van der Waals surface area contributed by atoms with Crippen LogP contribution in [0.25, 0.3) is 20.4 Å². The Balaban J connectivity index is 1.68. The van der Waals surface area contributed by atoms with E-state index in [1.165, 1.54) is 31.8 Å². The predicted octanol–water partition coefficient (Wildman–Crippen LogP) is 2.88. The molecule has 0 aliphatic carbocycles. The summed E-state index contributed by atoms with van der Waals surface area (Å²) >= 11 is 2.65. The largest absolute Gasteiger partial charge is 0.332 e. The molecule has 0 aliphatic rings. The fraction of sp³-hybridized carbons (Fsp3) is 0.222. The highest BCUT2D eigenvalue weighted by Gasteiger charge is 2.16. The standard InChI is InChI=1S/C18H16N4O3S2/c1-2-8-21-16(24)15-12(7-9-26-15)22(18(21)25)10-14(23)20-17-19-11-5-3-4-6-13(11)27-17/h3-7,9H,2,8,10H2,1H3,(H,19,20,23). The molecule has 0 saturated carbocycles. The minimum Gasteiger partial charge on any atom is -0.300 e. The second-order valence-corrected chi connectivity index (χ2v) is 7.94. The van der Waals surface area contributed by atoms with Gasteiger partial charge in [0, 0.05) is 6.54 Å². The van der Waals surface area contributed by atoms with Gasteiger partial charge in [0.15, 0.2) is 5.13 Å². The third kappa shape index (κ3) is 3.19. The first-order valence-corrected chi connectivity index (χ1v) is 10.1. The van der Waals surface area contributed by atoms with E-state index in [0.717, 1.165) is 10.2 Å². The van der Waals surface area contributed by atoms with Crippen molar-refractivity contribution in [3.05, 3.63) is 56.5 Å². The molecule has 9 heteroatoms. The van der Waals surface area contributed by atoms with Gasteiger partial charge in [-0.1, -0.05) is 30.4 Å². The molecule has 27 heavy (non-hydrogen) atoms. The summed E-state index contributed by atoms with van der Waals surface area (Å²) < 4.78 is 4.01. The van der Waals surface area contributed by atoms with Crippen LogP contribution in [0.3, 0.4) is 0 Å². The van der Waals surface area contributed by atoms with E-state index in [1.54, 1.807) is 11.4 Å². The number of rotatable bonds is 5. The number of amides is 1. The number of thiophene rings is 1. The zero-order valence-electron chi connectivity index (χ0n) is 14.5. The quantitative estimate of drug-likeness (QED) is 0.558. The number of para-hydroxylation sites is 1. The van der Waals surface area contributed by atoms with Gasteiger partial charge in [-0.3, -0.25) is 18.7 Å². The van der Waals surface area contributed by atoms with Gasteiger partial charge in [-0.05, 0) is 30.0 Å². The smallest absolute Gasteiger partial charge is 0.300 e. The minimum absolute atomic E-state index is 0.175. The number of anilines is 1. The van der Waals surface area contributed by atoms with Crippen LogP contribution in [-0.2, 0) is 17.9 Å². The Bertz CT molecular complexity index is 1230. The summed E-state index contributed by atoms with van der Waals surface area (Å²) in [5.41, 5.74) is 0.537. The van der Waals surface area contributed by atoms with Gasteiger partial charge >= 0.3 is 5.69 Å². The summed E-state index contributed by atoms with van der Waals surface area (Å²) in [6.07, 6.45) is 0.657. The van der Waals surface area contributed by atoms with Crippen LogP contribution in [0, 0.1) is 0 Å². The number of nitrogens with zero attached hydrogens (tertiary/aromatic N) is 3. The monoisotopic (exact) mass is 400 g/mol. The van der Waals surface area contributed by atoms with Crippen LogP contribution >= 0.6 is 22.7 Å². The van der Waals surface area contributed by atoms with Crippen molar-refractivity contribution in [2.24, 2.45) is 0 Å². The third-order valence-electron chi connectivity index (χ3n) is 4.13. The Hall–Kier alpha value is -2.78. The van der Waals surface area contributed by atoms with Gasteiger partial charge in [0.05, 0.1) is 15.7 Å². The van der Waals surface area contributed by atoms with Crippen molar-refractivity contribution in [1.82, 2.24) is 14.1 Å². The molecule has 0 fully saturated rings. The van der Waals surface area contributed by atoms with Crippen LogP contribution in [0.15, 0.2) is 45.3 Å². The lowest BCUT2D eigenvalue weighted by molar-refractivity contribution is -0.116. The van der Waals surface area contributed by atoms with Crippen molar-refractivity contribution >= 4 is 54.1 Å². The summed E-state index contributed by atoms with van der Waals surface area (Å²) in [6.45, 7) is 2.05. The van der Waals surface area contributed by atoms with Crippen LogP contribution in [0.5, 0.6) is 0 Å². The molecule has 4 rings (SSSR count). The second kappa shape index (κ2) is 7.09. The van der Waals surface area contributed by atoms with Crippen LogP contribution in [0.4, 0.5) is 5.13 Å². The molecular weight excluding hydrogens is 384 g/mol. The lowest BCUT2D eigenvalue weighted by Crippen LogP contribution is -2.41. The van der Waals surface area contributed by atoms with Crippen molar-refractivity contribution in [1.29, 1.82) is 0 Å². The average Bonchev–Trinajstić information content (AvgIpc) is 3.28. The second-order valence-electron chi connectivity index (χ2n) is 6.00. The van der Waals surface area contributed by atoms with E-state index in [9.17, 15) is 14.4 Å². The summed E-state index contributed by atoms with van der Waals surface area (Å²) in [5, 5.41) is 4.99. The fourth-order valence-electron chi connectivity index (χ4n) is 2.93. The van der Waals surface area contributed by atoms with E-state index in [1.807, 2.05) is 31.2 Å². The highest BCUT2D eigenvalue weighted by molar-refractivity contribution is 7.22. The third-order valence-corrected chi connectivity index (χ3v) is 5.97.